The summed E-state index contributed by atoms with van der Waals surface area (Å²) in [6, 6.07) is 19.3. The van der Waals surface area contributed by atoms with Gasteiger partial charge in [0.2, 0.25) is 6.23 Å². The minimum atomic E-state index is -0.427. The minimum absolute atomic E-state index is 0.0270. The molecule has 3 aromatic carbocycles. The highest BCUT2D eigenvalue weighted by molar-refractivity contribution is 6.04. The number of hydrogen-bond acceptors (Lipinski definition) is 6. The van der Waals surface area contributed by atoms with Crippen LogP contribution in [0.2, 0.25) is 0 Å². The Morgan fingerprint density at radius 1 is 1.03 bits per heavy atom. The van der Waals surface area contributed by atoms with E-state index in [1.54, 1.807) is 20.3 Å². The summed E-state index contributed by atoms with van der Waals surface area (Å²) >= 11 is 0. The number of ether oxygens (including phenoxy) is 3. The summed E-state index contributed by atoms with van der Waals surface area (Å²) in [6.07, 6.45) is 0.233. The molecule has 6 heteroatoms. The van der Waals surface area contributed by atoms with Crippen LogP contribution in [0.4, 0.5) is 0 Å². The Morgan fingerprint density at radius 3 is 2.58 bits per heavy atom. The number of hydrazone groups is 1. The zero-order valence-electron chi connectivity index (χ0n) is 17.7. The van der Waals surface area contributed by atoms with Gasteiger partial charge in [-0.05, 0) is 49.4 Å². The second kappa shape index (κ2) is 7.54. The Bertz CT molecular complexity index is 1160. The van der Waals surface area contributed by atoms with Crippen molar-refractivity contribution in [1.29, 1.82) is 0 Å². The second-order valence-electron chi connectivity index (χ2n) is 7.79. The SMILES string of the molecule is COc1ccc(C2Oc3c(OC)cccc3C3CC(c4cc(C)ccc4O)=NN32)cc1. The zero-order valence-corrected chi connectivity index (χ0v) is 17.7. The molecular formula is C25H24N2O4. The third kappa shape index (κ3) is 3.24. The monoisotopic (exact) mass is 416 g/mol. The zero-order chi connectivity index (χ0) is 21.5. The van der Waals surface area contributed by atoms with Crippen molar-refractivity contribution in [2.45, 2.75) is 25.6 Å². The van der Waals surface area contributed by atoms with Gasteiger partial charge in [-0.15, -0.1) is 0 Å². The highest BCUT2D eigenvalue weighted by Crippen LogP contribution is 2.51. The fourth-order valence-corrected chi connectivity index (χ4v) is 4.28. The number of aryl methyl sites for hydroxylation is 1. The molecule has 2 aliphatic heterocycles. The number of rotatable bonds is 4. The lowest BCUT2D eigenvalue weighted by atomic mass is 9.94. The molecule has 2 heterocycles. The van der Waals surface area contributed by atoms with Crippen LogP contribution in [0.1, 0.15) is 40.9 Å². The molecule has 0 bridgehead atoms. The van der Waals surface area contributed by atoms with Gasteiger partial charge in [-0.3, -0.25) is 0 Å². The summed E-state index contributed by atoms with van der Waals surface area (Å²) in [5.74, 6) is 2.45. The maximum absolute atomic E-state index is 10.5. The lowest BCUT2D eigenvalue weighted by Crippen LogP contribution is -2.33. The summed E-state index contributed by atoms with van der Waals surface area (Å²) in [5, 5.41) is 17.4. The molecule has 0 saturated heterocycles. The predicted octanol–water partition coefficient (Wildman–Crippen LogP) is 4.96. The van der Waals surface area contributed by atoms with Crippen molar-refractivity contribution in [2.24, 2.45) is 5.10 Å². The molecule has 2 aliphatic rings. The number of phenols is 1. The normalized spacial score (nSPS) is 19.2. The van der Waals surface area contributed by atoms with Gasteiger partial charge in [0.05, 0.1) is 26.0 Å². The van der Waals surface area contributed by atoms with Gasteiger partial charge in [-0.2, -0.15) is 5.10 Å². The van der Waals surface area contributed by atoms with Gasteiger partial charge < -0.3 is 19.3 Å². The van der Waals surface area contributed by atoms with Crippen LogP contribution in [0.3, 0.4) is 0 Å². The third-order valence-electron chi connectivity index (χ3n) is 5.86. The van der Waals surface area contributed by atoms with Crippen LogP contribution in [-0.4, -0.2) is 30.0 Å². The predicted molar refractivity (Wildman–Crippen MR) is 118 cm³/mol. The molecule has 0 aliphatic carbocycles. The number of benzene rings is 3. The van der Waals surface area contributed by atoms with Gasteiger partial charge in [-0.1, -0.05) is 23.8 Å². The average Bonchev–Trinajstić information content (AvgIpc) is 3.25. The van der Waals surface area contributed by atoms with E-state index in [9.17, 15) is 5.11 Å². The quantitative estimate of drug-likeness (QED) is 0.651. The van der Waals surface area contributed by atoms with E-state index in [1.165, 1.54) is 0 Å². The Labute approximate surface area is 181 Å². The Balaban J connectivity index is 1.62. The average molecular weight is 416 g/mol. The second-order valence-corrected chi connectivity index (χ2v) is 7.79. The number of nitrogens with zero attached hydrogens (tertiary/aromatic N) is 2. The van der Waals surface area contributed by atoms with Crippen LogP contribution in [0, 0.1) is 6.92 Å². The van der Waals surface area contributed by atoms with E-state index < -0.39 is 6.23 Å². The van der Waals surface area contributed by atoms with Crippen molar-refractivity contribution >= 4 is 5.71 Å². The molecule has 1 N–H and O–H groups in total. The number of aromatic hydroxyl groups is 1. The minimum Gasteiger partial charge on any atom is -0.507 e. The summed E-state index contributed by atoms with van der Waals surface area (Å²) < 4.78 is 17.3. The third-order valence-corrected chi connectivity index (χ3v) is 5.86. The summed E-state index contributed by atoms with van der Waals surface area (Å²) in [7, 11) is 3.30. The molecule has 2 unspecified atom stereocenters. The van der Waals surface area contributed by atoms with Crippen LogP contribution in [0.25, 0.3) is 0 Å². The fraction of sp³-hybridized carbons (Fsp3) is 0.240. The molecule has 2 atom stereocenters. The van der Waals surface area contributed by atoms with Gasteiger partial charge in [-0.25, -0.2) is 5.01 Å². The van der Waals surface area contributed by atoms with E-state index in [0.717, 1.165) is 39.5 Å². The van der Waals surface area contributed by atoms with Crippen molar-refractivity contribution < 1.29 is 19.3 Å². The Hall–Kier alpha value is -3.67. The summed E-state index contributed by atoms with van der Waals surface area (Å²) in [4.78, 5) is 0. The first-order valence-corrected chi connectivity index (χ1v) is 10.2. The van der Waals surface area contributed by atoms with E-state index in [0.29, 0.717) is 12.2 Å². The fourth-order valence-electron chi connectivity index (χ4n) is 4.28. The largest absolute Gasteiger partial charge is 0.507 e. The molecule has 158 valence electrons. The highest BCUT2D eigenvalue weighted by atomic mass is 16.5. The van der Waals surface area contributed by atoms with Crippen LogP contribution >= 0.6 is 0 Å². The molecule has 0 radical (unpaired) electrons. The van der Waals surface area contributed by atoms with Gasteiger partial charge >= 0.3 is 0 Å². The van der Waals surface area contributed by atoms with E-state index >= 15 is 0 Å². The molecule has 0 amide bonds. The van der Waals surface area contributed by atoms with Crippen LogP contribution in [0.5, 0.6) is 23.0 Å². The van der Waals surface area contributed by atoms with E-state index in [2.05, 4.69) is 0 Å². The van der Waals surface area contributed by atoms with Crippen molar-refractivity contribution in [1.82, 2.24) is 5.01 Å². The molecule has 0 spiro atoms. The van der Waals surface area contributed by atoms with E-state index in [1.807, 2.05) is 66.5 Å². The number of fused-ring (bicyclic) bond motifs is 3. The molecule has 0 fully saturated rings. The maximum atomic E-state index is 10.5. The topological polar surface area (TPSA) is 63.5 Å². The number of para-hydroxylation sites is 1. The highest BCUT2D eigenvalue weighted by Gasteiger charge is 2.42. The molecule has 0 saturated carbocycles. The van der Waals surface area contributed by atoms with E-state index in [4.69, 9.17) is 19.3 Å². The summed E-state index contributed by atoms with van der Waals surface area (Å²) in [5.41, 5.74) is 4.65. The van der Waals surface area contributed by atoms with Gasteiger partial charge in [0.15, 0.2) is 11.5 Å². The first-order valence-electron chi connectivity index (χ1n) is 10.2. The first-order chi connectivity index (χ1) is 15.1. The van der Waals surface area contributed by atoms with Crippen molar-refractivity contribution in [2.75, 3.05) is 14.2 Å². The standard InChI is InChI=1S/C25H24N2O4/c1-15-7-12-22(28)19(13-15)20-14-21-18-5-4-6-23(30-3)24(18)31-25(27(21)26-20)16-8-10-17(29-2)11-9-16/h4-13,21,25,28H,14H2,1-3H3. The van der Waals surface area contributed by atoms with Crippen molar-refractivity contribution in [3.05, 3.63) is 82.9 Å². The molecule has 6 nitrogen and oxygen atoms in total. The lowest BCUT2D eigenvalue weighted by molar-refractivity contribution is -0.0209. The van der Waals surface area contributed by atoms with Crippen LogP contribution in [-0.2, 0) is 0 Å². The number of phenolic OH excluding ortho intramolecular Hbond substituents is 1. The molecule has 5 rings (SSSR count). The van der Waals surface area contributed by atoms with Crippen LogP contribution < -0.4 is 14.2 Å². The number of methoxy groups -OCH3 is 2. The smallest absolute Gasteiger partial charge is 0.214 e. The van der Waals surface area contributed by atoms with Crippen molar-refractivity contribution in [3.8, 4) is 23.0 Å². The Kier molecular flexibility index (Phi) is 4.70. The van der Waals surface area contributed by atoms with Crippen molar-refractivity contribution in [3.63, 3.8) is 0 Å². The molecular weight excluding hydrogens is 392 g/mol. The van der Waals surface area contributed by atoms with Gasteiger partial charge in [0.25, 0.3) is 0 Å². The molecule has 0 aromatic heterocycles. The van der Waals surface area contributed by atoms with Gasteiger partial charge in [0, 0.05) is 23.1 Å². The number of hydrogen-bond donors (Lipinski definition) is 1. The van der Waals surface area contributed by atoms with E-state index in [-0.39, 0.29) is 11.8 Å². The molecule has 31 heavy (non-hydrogen) atoms. The molecule has 3 aromatic rings. The maximum Gasteiger partial charge on any atom is 0.214 e. The van der Waals surface area contributed by atoms with Crippen LogP contribution in [0.15, 0.2) is 65.8 Å². The lowest BCUT2D eigenvalue weighted by Gasteiger charge is -2.38. The Morgan fingerprint density at radius 2 is 1.84 bits per heavy atom. The summed E-state index contributed by atoms with van der Waals surface area (Å²) in [6.45, 7) is 2.01. The van der Waals surface area contributed by atoms with Gasteiger partial charge in [0.1, 0.15) is 11.5 Å². The first kappa shape index (κ1) is 19.3.